The van der Waals surface area contributed by atoms with E-state index in [1.165, 1.54) is 31.2 Å². The molecule has 1 amide bonds. The van der Waals surface area contributed by atoms with Gasteiger partial charge in [-0.1, -0.05) is 36.4 Å². The van der Waals surface area contributed by atoms with Crippen LogP contribution in [0.15, 0.2) is 84.9 Å². The number of amides is 1. The molecule has 0 aromatic heterocycles. The van der Waals surface area contributed by atoms with Gasteiger partial charge < -0.3 is 10.1 Å². The highest BCUT2D eigenvalue weighted by molar-refractivity contribution is 7.88. The van der Waals surface area contributed by atoms with Crippen molar-refractivity contribution >= 4 is 15.9 Å². The van der Waals surface area contributed by atoms with Crippen LogP contribution in [0.1, 0.15) is 51.1 Å². The van der Waals surface area contributed by atoms with Crippen molar-refractivity contribution in [2.24, 2.45) is 0 Å². The number of hydrogen-bond acceptors (Lipinski definition) is 4. The molecule has 2 atom stereocenters. The average molecular weight is 737 g/mol. The third kappa shape index (κ3) is 8.93. The van der Waals surface area contributed by atoms with E-state index in [4.69, 9.17) is 0 Å². The number of halogens is 10. The number of carbonyl (C=O) groups is 1. The van der Waals surface area contributed by atoms with Crippen molar-refractivity contribution in [3.63, 3.8) is 0 Å². The van der Waals surface area contributed by atoms with E-state index in [-0.39, 0.29) is 17.2 Å². The molecule has 0 radical (unpaired) electrons. The lowest BCUT2D eigenvalue weighted by Crippen LogP contribution is -2.49. The van der Waals surface area contributed by atoms with Gasteiger partial charge in [0.05, 0.1) is 17.4 Å². The van der Waals surface area contributed by atoms with Crippen molar-refractivity contribution in [1.82, 2.24) is 10.0 Å². The summed E-state index contributed by atoms with van der Waals surface area (Å²) < 4.78 is 170. The molecule has 4 aromatic carbocycles. The molecule has 17 heteroatoms. The molecule has 2 unspecified atom stereocenters. The van der Waals surface area contributed by atoms with Gasteiger partial charge in [-0.3, -0.25) is 4.79 Å². The van der Waals surface area contributed by atoms with E-state index in [0.717, 1.165) is 24.5 Å². The molecule has 4 rings (SSSR count). The van der Waals surface area contributed by atoms with E-state index >= 15 is 8.78 Å². The zero-order valence-electron chi connectivity index (χ0n) is 25.8. The molecule has 0 saturated heterocycles. The maximum absolute atomic E-state index is 15.2. The molecule has 50 heavy (non-hydrogen) atoms. The second-order valence-corrected chi connectivity index (χ2v) is 13.0. The van der Waals surface area contributed by atoms with Gasteiger partial charge >= 0.3 is 18.7 Å². The van der Waals surface area contributed by atoms with E-state index in [9.17, 15) is 48.3 Å². The SMILES string of the molecule is CC(NS(C)(=O)=O)c1cc(C(Cc2ccccc2)(NC(=O)c2ccc(F)c(C(F)(F)F)c2)c2cc(F)cc(OC(F)(F)C(F)F)c2)ccc1F. The summed E-state index contributed by atoms with van der Waals surface area (Å²) in [6.07, 6.45) is -14.4. The lowest BCUT2D eigenvalue weighted by atomic mass is 9.76. The first kappa shape index (κ1) is 38.2. The summed E-state index contributed by atoms with van der Waals surface area (Å²) in [5.41, 5.74) is -5.64. The summed E-state index contributed by atoms with van der Waals surface area (Å²) >= 11 is 0. The topological polar surface area (TPSA) is 84.5 Å². The zero-order chi connectivity index (χ0) is 37.2. The van der Waals surface area contributed by atoms with Gasteiger partial charge in [0.1, 0.15) is 23.2 Å². The second-order valence-electron chi connectivity index (χ2n) is 11.2. The highest BCUT2D eigenvalue weighted by Gasteiger charge is 2.45. The summed E-state index contributed by atoms with van der Waals surface area (Å²) in [7, 11) is -3.96. The minimum atomic E-state index is -5.25. The quantitative estimate of drug-likeness (QED) is 0.145. The summed E-state index contributed by atoms with van der Waals surface area (Å²) in [5, 5.41) is 2.45. The Kier molecular flexibility index (Phi) is 10.9. The zero-order valence-corrected chi connectivity index (χ0v) is 26.6. The van der Waals surface area contributed by atoms with Gasteiger partial charge in [-0.05, 0) is 66.1 Å². The molecule has 0 spiro atoms. The van der Waals surface area contributed by atoms with Crippen LogP contribution in [0.25, 0.3) is 0 Å². The number of alkyl halides is 7. The maximum Gasteiger partial charge on any atom is 0.461 e. The summed E-state index contributed by atoms with van der Waals surface area (Å²) in [6.45, 7) is 1.25. The lowest BCUT2D eigenvalue weighted by Gasteiger charge is -2.37. The molecule has 0 heterocycles. The van der Waals surface area contributed by atoms with Crippen molar-refractivity contribution in [3.05, 3.63) is 136 Å². The molecule has 2 N–H and O–H groups in total. The number of sulfonamides is 1. The standard InChI is InChI=1S/C33H26F10N2O4S/c1-18(45-50(2,47)48)25-15-21(9-11-27(25)35)31(17-19-6-4-3-5-7-19,22-13-23(34)16-24(14-22)49-33(42,43)30(37)38)44-29(46)20-8-10-28(36)26(12-20)32(39,40)41/h3-16,18,30,45H,17H2,1-2H3,(H,44,46). The Morgan fingerprint density at radius 3 is 2.06 bits per heavy atom. The normalized spacial score (nSPS) is 14.3. The third-order valence-corrected chi connectivity index (χ3v) is 8.17. The van der Waals surface area contributed by atoms with Crippen molar-refractivity contribution in [2.45, 2.75) is 43.6 Å². The average Bonchev–Trinajstić information content (AvgIpc) is 2.99. The van der Waals surface area contributed by atoms with Gasteiger partial charge in [0.2, 0.25) is 10.0 Å². The smallest absolute Gasteiger partial charge is 0.428 e. The summed E-state index contributed by atoms with van der Waals surface area (Å²) in [5.74, 6) is -6.57. The van der Waals surface area contributed by atoms with Crippen LogP contribution in [0, 0.1) is 17.5 Å². The molecular formula is C33H26F10N2O4S. The van der Waals surface area contributed by atoms with Crippen LogP contribution in [-0.4, -0.2) is 33.1 Å². The van der Waals surface area contributed by atoms with Crippen LogP contribution < -0.4 is 14.8 Å². The number of carbonyl (C=O) groups excluding carboxylic acids is 1. The number of ether oxygens (including phenoxy) is 1. The fourth-order valence-electron chi connectivity index (χ4n) is 5.21. The van der Waals surface area contributed by atoms with Gasteiger partial charge in [-0.15, -0.1) is 0 Å². The van der Waals surface area contributed by atoms with Crippen molar-refractivity contribution in [3.8, 4) is 5.75 Å². The molecule has 0 aliphatic carbocycles. The Balaban J connectivity index is 2.05. The van der Waals surface area contributed by atoms with Gasteiger partial charge in [-0.25, -0.2) is 26.3 Å². The van der Waals surface area contributed by atoms with Crippen LogP contribution in [0.2, 0.25) is 0 Å². The van der Waals surface area contributed by atoms with Crippen molar-refractivity contribution < 1.29 is 61.9 Å². The van der Waals surface area contributed by atoms with E-state index in [0.29, 0.717) is 35.9 Å². The first-order valence-electron chi connectivity index (χ1n) is 14.3. The number of benzene rings is 4. The highest BCUT2D eigenvalue weighted by atomic mass is 32.2. The fraction of sp³-hybridized carbons (Fsp3) is 0.242. The Morgan fingerprint density at radius 2 is 1.46 bits per heavy atom. The maximum atomic E-state index is 15.2. The number of rotatable bonds is 12. The molecule has 6 nitrogen and oxygen atoms in total. The van der Waals surface area contributed by atoms with Crippen molar-refractivity contribution in [1.29, 1.82) is 0 Å². The van der Waals surface area contributed by atoms with Crippen LogP contribution in [0.4, 0.5) is 43.9 Å². The van der Waals surface area contributed by atoms with E-state index in [2.05, 4.69) is 14.8 Å². The van der Waals surface area contributed by atoms with Crippen LogP contribution in [0.3, 0.4) is 0 Å². The molecule has 0 fully saturated rings. The van der Waals surface area contributed by atoms with Gasteiger partial charge in [0.15, 0.2) is 0 Å². The highest BCUT2D eigenvalue weighted by Crippen LogP contribution is 2.40. The molecular weight excluding hydrogens is 710 g/mol. The Bertz CT molecular complexity index is 1980. The van der Waals surface area contributed by atoms with E-state index in [1.54, 1.807) is 6.07 Å². The minimum absolute atomic E-state index is 0.190. The summed E-state index contributed by atoms with van der Waals surface area (Å²) in [4.78, 5) is 13.8. The van der Waals surface area contributed by atoms with Gasteiger partial charge in [-0.2, -0.15) is 30.7 Å². The predicted molar refractivity (Wildman–Crippen MR) is 161 cm³/mol. The molecule has 268 valence electrons. The molecule has 4 aromatic rings. The van der Waals surface area contributed by atoms with Crippen molar-refractivity contribution in [2.75, 3.05) is 6.26 Å². The molecule has 0 saturated carbocycles. The van der Waals surface area contributed by atoms with Crippen LogP contribution in [-0.2, 0) is 28.2 Å². The van der Waals surface area contributed by atoms with E-state index < -0.39 is 92.5 Å². The monoisotopic (exact) mass is 736 g/mol. The fourth-order valence-corrected chi connectivity index (χ4v) is 5.98. The minimum Gasteiger partial charge on any atom is -0.428 e. The first-order chi connectivity index (χ1) is 23.1. The number of nitrogens with one attached hydrogen (secondary N) is 2. The third-order valence-electron chi connectivity index (χ3n) is 7.39. The Morgan fingerprint density at radius 1 is 0.820 bits per heavy atom. The van der Waals surface area contributed by atoms with E-state index in [1.807, 2.05) is 0 Å². The molecule has 0 aliphatic heterocycles. The van der Waals surface area contributed by atoms with Gasteiger partial charge in [0.25, 0.3) is 5.91 Å². The van der Waals surface area contributed by atoms with Gasteiger partial charge in [0, 0.05) is 29.7 Å². The first-order valence-corrected chi connectivity index (χ1v) is 16.2. The Labute approximate surface area is 279 Å². The van der Waals surface area contributed by atoms with Crippen LogP contribution >= 0.6 is 0 Å². The predicted octanol–water partition coefficient (Wildman–Crippen LogP) is 7.89. The second kappa shape index (κ2) is 14.3. The lowest BCUT2D eigenvalue weighted by molar-refractivity contribution is -0.253. The summed E-state index contributed by atoms with van der Waals surface area (Å²) in [6, 6.07) is 12.1. The number of hydrogen-bond donors (Lipinski definition) is 2. The molecule has 0 aliphatic rings. The van der Waals surface area contributed by atoms with Crippen LogP contribution in [0.5, 0.6) is 5.75 Å². The Hall–Kier alpha value is -4.64. The molecule has 0 bridgehead atoms. The largest absolute Gasteiger partial charge is 0.461 e.